The van der Waals surface area contributed by atoms with Crippen molar-refractivity contribution >= 4 is 17.6 Å². The summed E-state index contributed by atoms with van der Waals surface area (Å²) in [7, 11) is 0. The number of hydrogen-bond acceptors (Lipinski definition) is 5. The molecule has 1 aliphatic heterocycles. The van der Waals surface area contributed by atoms with Gasteiger partial charge in [0.2, 0.25) is 5.89 Å². The van der Waals surface area contributed by atoms with Gasteiger partial charge in [0.05, 0.1) is 5.56 Å². The number of carbonyl (C=O) groups is 2. The highest BCUT2D eigenvalue weighted by molar-refractivity contribution is 6.05. The Kier molecular flexibility index (Phi) is 2.74. The number of fused-ring (bicyclic) bond motifs is 1. The molecule has 2 aromatic rings. The number of carboxylic acid groups (broad SMARTS) is 1. The highest BCUT2D eigenvalue weighted by Crippen LogP contribution is 2.29. The van der Waals surface area contributed by atoms with Crippen LogP contribution < -0.4 is 4.90 Å². The number of aryl methyl sites for hydroxylation is 1. The standard InChI is InChI=1S/C13H11N3O4/c1-7-14-11(15-20-7)12(17)16-5-4-8-6-9(13(18)19)2-3-10(8)16/h2-3,6H,4-5H2,1H3,(H,18,19). The van der Waals surface area contributed by atoms with Crippen molar-refractivity contribution in [3.05, 3.63) is 41.0 Å². The maximum atomic E-state index is 12.3. The first kappa shape index (κ1) is 12.3. The van der Waals surface area contributed by atoms with Crippen LogP contribution in [0, 0.1) is 6.92 Å². The van der Waals surface area contributed by atoms with E-state index in [0.29, 0.717) is 24.5 Å². The summed E-state index contributed by atoms with van der Waals surface area (Å²) in [4.78, 5) is 28.6. The summed E-state index contributed by atoms with van der Waals surface area (Å²) >= 11 is 0. The molecule has 0 saturated carbocycles. The van der Waals surface area contributed by atoms with Crippen molar-refractivity contribution in [3.63, 3.8) is 0 Å². The molecule has 1 aromatic carbocycles. The Labute approximate surface area is 113 Å². The summed E-state index contributed by atoms with van der Waals surface area (Å²) in [6, 6.07) is 4.71. The Hall–Kier alpha value is -2.70. The predicted molar refractivity (Wildman–Crippen MR) is 67.8 cm³/mol. The lowest BCUT2D eigenvalue weighted by atomic mass is 10.1. The molecule has 0 fully saturated rings. The van der Waals surface area contributed by atoms with E-state index >= 15 is 0 Å². The summed E-state index contributed by atoms with van der Waals surface area (Å²) in [5, 5.41) is 12.6. The van der Waals surface area contributed by atoms with Gasteiger partial charge in [-0.2, -0.15) is 4.98 Å². The molecule has 7 nitrogen and oxygen atoms in total. The fourth-order valence-corrected chi connectivity index (χ4v) is 2.25. The zero-order valence-corrected chi connectivity index (χ0v) is 10.7. The monoisotopic (exact) mass is 273 g/mol. The van der Waals surface area contributed by atoms with Crippen LogP contribution in [0.15, 0.2) is 22.7 Å². The van der Waals surface area contributed by atoms with E-state index in [1.807, 2.05) is 0 Å². The molecular formula is C13H11N3O4. The number of hydrogen-bond donors (Lipinski definition) is 1. The van der Waals surface area contributed by atoms with Crippen molar-refractivity contribution < 1.29 is 19.2 Å². The maximum absolute atomic E-state index is 12.3. The van der Waals surface area contributed by atoms with E-state index in [1.54, 1.807) is 19.1 Å². The zero-order chi connectivity index (χ0) is 14.3. The van der Waals surface area contributed by atoms with Crippen molar-refractivity contribution in [2.24, 2.45) is 0 Å². The lowest BCUT2D eigenvalue weighted by Gasteiger charge is -2.14. The van der Waals surface area contributed by atoms with E-state index in [0.717, 1.165) is 5.56 Å². The lowest BCUT2D eigenvalue weighted by molar-refractivity contribution is 0.0696. The molecule has 102 valence electrons. The Bertz CT molecular complexity index is 707. The van der Waals surface area contributed by atoms with Crippen molar-refractivity contribution in [3.8, 4) is 0 Å². The van der Waals surface area contributed by atoms with Crippen LogP contribution >= 0.6 is 0 Å². The summed E-state index contributed by atoms with van der Waals surface area (Å²) in [5.41, 5.74) is 1.74. The molecule has 0 bridgehead atoms. The molecule has 20 heavy (non-hydrogen) atoms. The number of amides is 1. The van der Waals surface area contributed by atoms with Crippen LogP contribution in [0.4, 0.5) is 5.69 Å². The van der Waals surface area contributed by atoms with Gasteiger partial charge in [0.1, 0.15) is 0 Å². The molecule has 1 amide bonds. The van der Waals surface area contributed by atoms with Gasteiger partial charge < -0.3 is 14.5 Å². The zero-order valence-electron chi connectivity index (χ0n) is 10.7. The third kappa shape index (κ3) is 1.93. The Morgan fingerprint density at radius 1 is 1.40 bits per heavy atom. The second-order valence-corrected chi connectivity index (χ2v) is 4.49. The average molecular weight is 273 g/mol. The molecule has 7 heteroatoms. The number of carbonyl (C=O) groups excluding carboxylic acids is 1. The first-order chi connectivity index (χ1) is 9.56. The van der Waals surface area contributed by atoms with Gasteiger partial charge in [-0.05, 0) is 30.2 Å². The maximum Gasteiger partial charge on any atom is 0.335 e. The quantitative estimate of drug-likeness (QED) is 0.885. The third-order valence-electron chi connectivity index (χ3n) is 3.19. The van der Waals surface area contributed by atoms with E-state index in [4.69, 9.17) is 9.63 Å². The second kappa shape index (κ2) is 4.44. The van der Waals surface area contributed by atoms with Crippen molar-refractivity contribution in [1.82, 2.24) is 10.1 Å². The molecule has 0 unspecified atom stereocenters. The molecule has 3 rings (SSSR count). The number of rotatable bonds is 2. The topological polar surface area (TPSA) is 96.5 Å². The highest BCUT2D eigenvalue weighted by atomic mass is 16.5. The second-order valence-electron chi connectivity index (χ2n) is 4.49. The lowest BCUT2D eigenvalue weighted by Crippen LogP contribution is -2.29. The van der Waals surface area contributed by atoms with Crippen LogP contribution in [-0.4, -0.2) is 33.7 Å². The summed E-state index contributed by atoms with van der Waals surface area (Å²) in [5.74, 6) is -0.985. The van der Waals surface area contributed by atoms with E-state index in [2.05, 4.69) is 10.1 Å². The molecule has 0 saturated heterocycles. The van der Waals surface area contributed by atoms with Crippen molar-refractivity contribution in [1.29, 1.82) is 0 Å². The fourth-order valence-electron chi connectivity index (χ4n) is 2.25. The van der Waals surface area contributed by atoms with Crippen LogP contribution in [0.25, 0.3) is 0 Å². The summed E-state index contributed by atoms with van der Waals surface area (Å²) in [6.45, 7) is 2.09. The van der Waals surface area contributed by atoms with Crippen LogP contribution in [0.5, 0.6) is 0 Å². The molecule has 1 N–H and O–H groups in total. The van der Waals surface area contributed by atoms with Gasteiger partial charge in [-0.25, -0.2) is 4.79 Å². The molecule has 1 aliphatic rings. The minimum atomic E-state index is -0.980. The Morgan fingerprint density at radius 3 is 2.85 bits per heavy atom. The van der Waals surface area contributed by atoms with Crippen LogP contribution in [-0.2, 0) is 6.42 Å². The first-order valence-electron chi connectivity index (χ1n) is 6.04. The van der Waals surface area contributed by atoms with Crippen LogP contribution in [0.2, 0.25) is 0 Å². The molecule has 0 radical (unpaired) electrons. The third-order valence-corrected chi connectivity index (χ3v) is 3.19. The highest BCUT2D eigenvalue weighted by Gasteiger charge is 2.28. The molecule has 2 heterocycles. The van der Waals surface area contributed by atoms with Gasteiger partial charge in [-0.1, -0.05) is 5.16 Å². The largest absolute Gasteiger partial charge is 0.478 e. The smallest absolute Gasteiger partial charge is 0.335 e. The van der Waals surface area contributed by atoms with Gasteiger partial charge in [0.15, 0.2) is 0 Å². The van der Waals surface area contributed by atoms with Gasteiger partial charge in [-0.15, -0.1) is 0 Å². The van der Waals surface area contributed by atoms with Gasteiger partial charge in [0.25, 0.3) is 11.7 Å². The van der Waals surface area contributed by atoms with Gasteiger partial charge in [-0.3, -0.25) is 4.79 Å². The molecule has 0 aliphatic carbocycles. The number of anilines is 1. The Balaban J connectivity index is 1.93. The molecular weight excluding hydrogens is 262 g/mol. The van der Waals surface area contributed by atoms with Crippen LogP contribution in [0.3, 0.4) is 0 Å². The first-order valence-corrected chi connectivity index (χ1v) is 6.04. The minimum absolute atomic E-state index is 0.0117. The Morgan fingerprint density at radius 2 is 2.20 bits per heavy atom. The minimum Gasteiger partial charge on any atom is -0.478 e. The number of carboxylic acids is 1. The van der Waals surface area contributed by atoms with Crippen LogP contribution in [0.1, 0.15) is 32.4 Å². The summed E-state index contributed by atoms with van der Waals surface area (Å²) in [6.07, 6.45) is 0.610. The van der Waals surface area contributed by atoms with Crippen molar-refractivity contribution in [2.45, 2.75) is 13.3 Å². The van der Waals surface area contributed by atoms with E-state index < -0.39 is 5.97 Å². The number of benzene rings is 1. The normalized spacial score (nSPS) is 13.3. The fraction of sp³-hybridized carbons (Fsp3) is 0.231. The van der Waals surface area contributed by atoms with E-state index in [1.165, 1.54) is 11.0 Å². The summed E-state index contributed by atoms with van der Waals surface area (Å²) < 4.78 is 4.80. The average Bonchev–Trinajstić information content (AvgIpc) is 3.03. The van der Waals surface area contributed by atoms with E-state index in [-0.39, 0.29) is 17.3 Å². The molecule has 0 atom stereocenters. The van der Waals surface area contributed by atoms with Crippen molar-refractivity contribution in [2.75, 3.05) is 11.4 Å². The van der Waals surface area contributed by atoms with Gasteiger partial charge in [0, 0.05) is 19.2 Å². The molecule has 1 aromatic heterocycles. The number of aromatic nitrogens is 2. The predicted octanol–water partition coefficient (Wildman–Crippen LogP) is 1.28. The molecule has 0 spiro atoms. The number of nitrogens with zero attached hydrogens (tertiary/aromatic N) is 3. The van der Waals surface area contributed by atoms with Gasteiger partial charge >= 0.3 is 5.97 Å². The van der Waals surface area contributed by atoms with E-state index in [9.17, 15) is 9.59 Å². The number of aromatic carboxylic acids is 1. The SMILES string of the molecule is Cc1nc(C(=O)N2CCc3cc(C(=O)O)ccc32)no1.